The minimum absolute atomic E-state index is 0.125. The Bertz CT molecular complexity index is 704. The quantitative estimate of drug-likeness (QED) is 0.862. The summed E-state index contributed by atoms with van der Waals surface area (Å²) in [6, 6.07) is 5.61. The summed E-state index contributed by atoms with van der Waals surface area (Å²) in [5, 5.41) is 4.04. The molecule has 0 radical (unpaired) electrons. The number of ether oxygens (including phenoxy) is 2. The molecule has 108 valence electrons. The number of hydrogen-bond acceptors (Lipinski definition) is 5. The molecule has 0 N–H and O–H groups in total. The monoisotopic (exact) mass is 285 g/mol. The molecule has 5 heteroatoms. The number of carbonyl (C=O) groups is 1. The Morgan fingerprint density at radius 2 is 2.05 bits per heavy atom. The second-order valence-electron chi connectivity index (χ2n) is 5.46. The lowest BCUT2D eigenvalue weighted by Gasteiger charge is -2.02. The Labute approximate surface area is 121 Å². The van der Waals surface area contributed by atoms with Crippen LogP contribution in [0.5, 0.6) is 11.5 Å². The van der Waals surface area contributed by atoms with Crippen LogP contribution >= 0.6 is 0 Å². The second kappa shape index (κ2) is 4.91. The third-order valence-electron chi connectivity index (χ3n) is 3.99. The first kappa shape index (κ1) is 12.4. The molecule has 1 aromatic heterocycles. The van der Waals surface area contributed by atoms with Crippen LogP contribution in [0.1, 0.15) is 29.0 Å². The van der Waals surface area contributed by atoms with Gasteiger partial charge in [-0.15, -0.1) is 0 Å². The largest absolute Gasteiger partial charge is 0.454 e. The average Bonchev–Trinajstić information content (AvgIpc) is 3.16. The van der Waals surface area contributed by atoms with Crippen LogP contribution < -0.4 is 9.47 Å². The summed E-state index contributed by atoms with van der Waals surface area (Å²) >= 11 is 0. The van der Waals surface area contributed by atoms with E-state index in [1.165, 1.54) is 0 Å². The summed E-state index contributed by atoms with van der Waals surface area (Å²) in [6.07, 6.45) is 3.74. The van der Waals surface area contributed by atoms with E-state index in [4.69, 9.17) is 14.0 Å². The van der Waals surface area contributed by atoms with E-state index in [0.29, 0.717) is 18.6 Å². The predicted molar refractivity (Wildman–Crippen MR) is 73.5 cm³/mol. The van der Waals surface area contributed by atoms with Crippen LogP contribution in [0, 0.1) is 0 Å². The van der Waals surface area contributed by atoms with Gasteiger partial charge >= 0.3 is 0 Å². The zero-order chi connectivity index (χ0) is 14.2. The molecular formula is C16H15NO4. The third kappa shape index (κ3) is 2.28. The van der Waals surface area contributed by atoms with E-state index in [1.54, 1.807) is 0 Å². The summed E-state index contributed by atoms with van der Waals surface area (Å²) in [7, 11) is 0. The van der Waals surface area contributed by atoms with Crippen molar-refractivity contribution in [1.82, 2.24) is 5.16 Å². The van der Waals surface area contributed by atoms with Gasteiger partial charge in [-0.2, -0.15) is 0 Å². The van der Waals surface area contributed by atoms with Gasteiger partial charge in [-0.3, -0.25) is 4.79 Å². The molecule has 2 aromatic rings. The van der Waals surface area contributed by atoms with E-state index in [0.717, 1.165) is 47.6 Å². The highest BCUT2D eigenvalue weighted by Crippen LogP contribution is 2.32. The Morgan fingerprint density at radius 1 is 1.14 bits per heavy atom. The normalized spacial score (nSPS) is 15.2. The van der Waals surface area contributed by atoms with Crippen LogP contribution in [-0.4, -0.2) is 17.7 Å². The van der Waals surface area contributed by atoms with Crippen molar-refractivity contribution in [2.75, 3.05) is 6.79 Å². The van der Waals surface area contributed by atoms with Crippen molar-refractivity contribution in [1.29, 1.82) is 0 Å². The Balaban J connectivity index is 1.46. The van der Waals surface area contributed by atoms with Gasteiger partial charge in [0.05, 0.1) is 12.1 Å². The fourth-order valence-electron chi connectivity index (χ4n) is 2.95. The molecule has 0 saturated carbocycles. The number of nitrogens with zero attached hydrogens (tertiary/aromatic N) is 1. The minimum Gasteiger partial charge on any atom is -0.454 e. The van der Waals surface area contributed by atoms with Crippen molar-refractivity contribution in [2.45, 2.75) is 32.1 Å². The van der Waals surface area contributed by atoms with E-state index in [-0.39, 0.29) is 12.6 Å². The van der Waals surface area contributed by atoms with Crippen molar-refractivity contribution in [2.24, 2.45) is 0 Å². The lowest BCUT2D eigenvalue weighted by atomic mass is 10.0. The summed E-state index contributed by atoms with van der Waals surface area (Å²) in [5.41, 5.74) is 3.11. The molecule has 0 spiro atoms. The highest BCUT2D eigenvalue weighted by molar-refractivity contribution is 5.83. The van der Waals surface area contributed by atoms with E-state index >= 15 is 0 Å². The van der Waals surface area contributed by atoms with Crippen molar-refractivity contribution < 1.29 is 18.8 Å². The summed E-state index contributed by atoms with van der Waals surface area (Å²) in [5.74, 6) is 2.31. The molecular weight excluding hydrogens is 270 g/mol. The van der Waals surface area contributed by atoms with Gasteiger partial charge in [0.1, 0.15) is 11.5 Å². The van der Waals surface area contributed by atoms with Crippen LogP contribution in [-0.2, 0) is 30.5 Å². The van der Waals surface area contributed by atoms with E-state index in [1.807, 2.05) is 18.2 Å². The topological polar surface area (TPSA) is 61.6 Å². The molecule has 0 fully saturated rings. The Morgan fingerprint density at radius 3 is 3.00 bits per heavy atom. The fraction of sp³-hybridized carbons (Fsp3) is 0.375. The number of benzene rings is 1. The molecule has 0 unspecified atom stereocenters. The minimum atomic E-state index is 0.125. The molecule has 5 nitrogen and oxygen atoms in total. The molecule has 0 bridgehead atoms. The van der Waals surface area contributed by atoms with Crippen LogP contribution in [0.3, 0.4) is 0 Å². The zero-order valence-electron chi connectivity index (χ0n) is 11.6. The molecule has 1 aliphatic carbocycles. The number of ketones is 1. The number of aromatic nitrogens is 1. The summed E-state index contributed by atoms with van der Waals surface area (Å²) < 4.78 is 15.9. The molecule has 4 rings (SSSR count). The standard InChI is InChI=1S/C16H15NO4/c18-11(8-15-12-2-1-3-13(12)17-21-15)6-10-4-5-14-16(7-10)20-9-19-14/h4-5,7H,1-3,6,8-9H2. The van der Waals surface area contributed by atoms with E-state index < -0.39 is 0 Å². The van der Waals surface area contributed by atoms with Crippen LogP contribution in [0.4, 0.5) is 0 Å². The van der Waals surface area contributed by atoms with Crippen LogP contribution in [0.15, 0.2) is 22.7 Å². The van der Waals surface area contributed by atoms with Crippen molar-refractivity contribution in [3.05, 3.63) is 40.8 Å². The number of aryl methyl sites for hydroxylation is 1. The molecule has 1 aliphatic heterocycles. The number of carbonyl (C=O) groups excluding carboxylic acids is 1. The first-order valence-electron chi connectivity index (χ1n) is 7.16. The maximum absolute atomic E-state index is 12.2. The SMILES string of the molecule is O=C(Cc1ccc2c(c1)OCO2)Cc1onc2c1CCC2. The van der Waals surface area contributed by atoms with Crippen molar-refractivity contribution in [3.8, 4) is 11.5 Å². The van der Waals surface area contributed by atoms with Gasteiger partial charge in [0.15, 0.2) is 11.5 Å². The van der Waals surface area contributed by atoms with E-state index in [2.05, 4.69) is 5.16 Å². The first-order chi connectivity index (χ1) is 10.3. The van der Waals surface area contributed by atoms with Gasteiger partial charge in [-0.05, 0) is 37.0 Å². The highest BCUT2D eigenvalue weighted by Gasteiger charge is 2.22. The number of hydrogen-bond donors (Lipinski definition) is 0. The van der Waals surface area contributed by atoms with Crippen molar-refractivity contribution >= 4 is 5.78 Å². The maximum Gasteiger partial charge on any atom is 0.231 e. The van der Waals surface area contributed by atoms with E-state index in [9.17, 15) is 4.79 Å². The predicted octanol–water partition coefficient (Wildman–Crippen LogP) is 2.25. The second-order valence-corrected chi connectivity index (χ2v) is 5.46. The van der Waals surface area contributed by atoms with Crippen molar-refractivity contribution in [3.63, 3.8) is 0 Å². The van der Waals surface area contributed by atoms with Gasteiger partial charge < -0.3 is 14.0 Å². The lowest BCUT2D eigenvalue weighted by molar-refractivity contribution is -0.118. The van der Waals surface area contributed by atoms with Crippen LogP contribution in [0.2, 0.25) is 0 Å². The number of fused-ring (bicyclic) bond motifs is 2. The average molecular weight is 285 g/mol. The Hall–Kier alpha value is -2.30. The number of rotatable bonds is 4. The zero-order valence-corrected chi connectivity index (χ0v) is 11.6. The highest BCUT2D eigenvalue weighted by atomic mass is 16.7. The summed E-state index contributed by atoms with van der Waals surface area (Å²) in [6.45, 7) is 0.247. The molecule has 2 aliphatic rings. The van der Waals surface area contributed by atoms with Gasteiger partial charge in [0.2, 0.25) is 6.79 Å². The van der Waals surface area contributed by atoms with Gasteiger partial charge in [-0.1, -0.05) is 11.2 Å². The number of Topliss-reactive ketones (excluding diaryl/α,β-unsaturated/α-hetero) is 1. The van der Waals surface area contributed by atoms with Crippen LogP contribution in [0.25, 0.3) is 0 Å². The molecule has 0 saturated heterocycles. The third-order valence-corrected chi connectivity index (χ3v) is 3.99. The summed E-state index contributed by atoms with van der Waals surface area (Å²) in [4.78, 5) is 12.2. The molecule has 0 atom stereocenters. The van der Waals surface area contributed by atoms with Gasteiger partial charge in [0, 0.05) is 12.0 Å². The van der Waals surface area contributed by atoms with Gasteiger partial charge in [0.25, 0.3) is 0 Å². The molecule has 2 heterocycles. The smallest absolute Gasteiger partial charge is 0.231 e. The Kier molecular flexibility index (Phi) is 2.91. The molecule has 0 amide bonds. The fourth-order valence-corrected chi connectivity index (χ4v) is 2.95. The molecule has 1 aromatic carbocycles. The maximum atomic E-state index is 12.2. The molecule has 21 heavy (non-hydrogen) atoms. The van der Waals surface area contributed by atoms with Gasteiger partial charge in [-0.25, -0.2) is 0 Å². The first-order valence-corrected chi connectivity index (χ1v) is 7.16. The lowest BCUT2D eigenvalue weighted by Crippen LogP contribution is -2.07.